The first-order chi connectivity index (χ1) is 2.56. The Morgan fingerprint density at radius 1 is 1.50 bits per heavy atom. The van der Waals surface area contributed by atoms with E-state index in [-0.39, 0.29) is 40.8 Å². The summed E-state index contributed by atoms with van der Waals surface area (Å²) in [5.41, 5.74) is 0. The molecule has 0 fully saturated rings. The van der Waals surface area contributed by atoms with E-state index in [4.69, 9.17) is 4.55 Å². The Bertz CT molecular complexity index is 116. The quantitative estimate of drug-likeness (QED) is 0.363. The summed E-state index contributed by atoms with van der Waals surface area (Å²) >= 11 is 0. The summed E-state index contributed by atoms with van der Waals surface area (Å²) in [4.78, 5) is 0. The van der Waals surface area contributed by atoms with Crippen LogP contribution in [0.1, 0.15) is 6.92 Å². The molecule has 3 N–H and O–H groups in total. The second-order valence-corrected chi connectivity index (χ2v) is 2.61. The van der Waals surface area contributed by atoms with Crippen molar-refractivity contribution in [3.8, 4) is 0 Å². The molecule has 0 aliphatic carbocycles. The average Bonchev–Trinajstić information content (AvgIpc) is 1.35. The third-order valence-corrected chi connectivity index (χ3v) is 1.09. The summed E-state index contributed by atoms with van der Waals surface area (Å²) in [5, 5.41) is 0. The summed E-state index contributed by atoms with van der Waals surface area (Å²) in [6.45, 7) is 1.37. The monoisotopic (exact) mass is 152 g/mol. The Hall–Kier alpha value is 0.870. The minimum atomic E-state index is -3.66. The van der Waals surface area contributed by atoms with Crippen LogP contribution in [-0.2, 0) is 10.1 Å². The second-order valence-electron chi connectivity index (χ2n) is 0.871. The van der Waals surface area contributed by atoms with E-state index in [1.54, 1.807) is 0 Å². The predicted octanol–water partition coefficient (Wildman–Crippen LogP) is -1.58. The van der Waals surface area contributed by atoms with Crippen molar-refractivity contribution in [2.75, 3.05) is 5.75 Å². The molecule has 0 radical (unpaired) electrons. The number of hydrogen-bond donors (Lipinski definition) is 1. The zero-order chi connectivity index (χ0) is 5.21. The van der Waals surface area contributed by atoms with Crippen molar-refractivity contribution < 1.29 is 18.4 Å². The number of hydrogen-bond acceptors (Lipinski definition) is 2. The summed E-state index contributed by atoms with van der Waals surface area (Å²) < 4.78 is 26.9. The van der Waals surface area contributed by atoms with Crippen molar-refractivity contribution >= 4 is 39.7 Å². The van der Waals surface area contributed by atoms with Crippen molar-refractivity contribution in [2.45, 2.75) is 6.92 Å². The average molecular weight is 152 g/mol. The molecule has 0 unspecified atom stereocenters. The number of rotatable bonds is 1. The van der Waals surface area contributed by atoms with Gasteiger partial charge in [-0.15, -0.1) is 0 Å². The molecule has 48 valence electrons. The molecule has 0 aromatic carbocycles. The van der Waals surface area contributed by atoms with Crippen LogP contribution in [-0.4, -0.2) is 53.8 Å². The van der Waals surface area contributed by atoms with Crippen LogP contribution in [0.4, 0.5) is 0 Å². The van der Waals surface area contributed by atoms with E-state index in [1.165, 1.54) is 6.92 Å². The predicted molar refractivity (Wildman–Crippen MR) is 32.9 cm³/mol. The maximum atomic E-state index is 9.56. The van der Waals surface area contributed by atoms with Gasteiger partial charge in [-0.1, -0.05) is 0 Å². The van der Waals surface area contributed by atoms with Crippen LogP contribution < -0.4 is 0 Å². The Morgan fingerprint density at radius 3 is 1.62 bits per heavy atom. The normalized spacial score (nSPS) is 8.75. The molecule has 0 heterocycles. The molecule has 0 aliphatic rings. The van der Waals surface area contributed by atoms with Crippen molar-refractivity contribution in [1.29, 1.82) is 0 Å². The molecule has 0 spiro atoms. The zero-order valence-corrected chi connectivity index (χ0v) is 4.70. The van der Waals surface area contributed by atoms with Crippen molar-refractivity contribution in [2.24, 2.45) is 0 Å². The van der Waals surface area contributed by atoms with Gasteiger partial charge in [-0.25, -0.2) is 0 Å². The van der Waals surface area contributed by atoms with Gasteiger partial charge in [0.2, 0.25) is 0 Å². The Balaban J connectivity index is -0.000000125. The van der Waals surface area contributed by atoms with Crippen LogP contribution in [0.2, 0.25) is 0 Å². The summed E-state index contributed by atoms with van der Waals surface area (Å²) in [6, 6.07) is 0. The molecule has 0 atom stereocenters. The minimum absolute atomic E-state index is 0. The van der Waals surface area contributed by atoms with E-state index >= 15 is 0 Å². The molecule has 0 amide bonds. The molecular weight excluding hydrogens is 143 g/mol. The van der Waals surface area contributed by atoms with Gasteiger partial charge < -0.3 is 5.48 Å². The van der Waals surface area contributed by atoms with Crippen molar-refractivity contribution in [3.63, 3.8) is 0 Å². The van der Waals surface area contributed by atoms with Gasteiger partial charge >= 0.3 is 29.6 Å². The fourth-order valence-electron chi connectivity index (χ4n) is 0. The van der Waals surface area contributed by atoms with E-state index in [0.29, 0.717) is 0 Å². The summed E-state index contributed by atoms with van der Waals surface area (Å²) in [5.74, 6) is -0.201. The molecule has 0 saturated heterocycles. The second kappa shape index (κ2) is 6.00. The molecule has 0 aromatic rings. The van der Waals surface area contributed by atoms with Gasteiger partial charge in [0.1, 0.15) is 0 Å². The van der Waals surface area contributed by atoms with Crippen LogP contribution in [0.3, 0.4) is 0 Å². The van der Waals surface area contributed by atoms with E-state index in [0.717, 1.165) is 0 Å². The first-order valence-electron chi connectivity index (χ1n) is 1.51. The van der Waals surface area contributed by atoms with Gasteiger partial charge in [0.25, 0.3) is 10.1 Å². The van der Waals surface area contributed by atoms with E-state index < -0.39 is 10.1 Å². The maximum absolute atomic E-state index is 9.56. The van der Waals surface area contributed by atoms with Crippen LogP contribution in [0.5, 0.6) is 0 Å². The van der Waals surface area contributed by atoms with Crippen molar-refractivity contribution in [3.05, 3.63) is 0 Å². The first-order valence-corrected chi connectivity index (χ1v) is 3.12. The Kier molecular flexibility index (Phi) is 12.0. The third-order valence-electron chi connectivity index (χ3n) is 0.365. The topological polar surface area (TPSA) is 85.9 Å². The molecule has 0 saturated carbocycles. The Labute approximate surface area is 70.6 Å². The SMILES string of the molecule is CCS(=O)(=O)O.O.[NaH]. The van der Waals surface area contributed by atoms with Gasteiger partial charge in [-0.3, -0.25) is 4.55 Å². The van der Waals surface area contributed by atoms with E-state index in [2.05, 4.69) is 0 Å². The van der Waals surface area contributed by atoms with Gasteiger partial charge in [-0.2, -0.15) is 8.42 Å². The van der Waals surface area contributed by atoms with E-state index in [9.17, 15) is 8.42 Å². The Morgan fingerprint density at radius 2 is 1.62 bits per heavy atom. The van der Waals surface area contributed by atoms with Gasteiger partial charge in [-0.05, 0) is 6.92 Å². The van der Waals surface area contributed by atoms with Crippen LogP contribution in [0.15, 0.2) is 0 Å². The fraction of sp³-hybridized carbons (Fsp3) is 1.00. The third kappa shape index (κ3) is 15.8. The first kappa shape index (κ1) is 15.9. The standard InChI is InChI=1S/C2H6O3S.Na.H2O.H/c1-2-6(3,4)5;;;/h2H2,1H3,(H,3,4,5);;1H2;. The fourth-order valence-corrected chi connectivity index (χ4v) is 0. The summed E-state index contributed by atoms with van der Waals surface area (Å²) in [7, 11) is -3.66. The zero-order valence-electron chi connectivity index (χ0n) is 3.88. The van der Waals surface area contributed by atoms with Gasteiger partial charge in [0.15, 0.2) is 0 Å². The van der Waals surface area contributed by atoms with Gasteiger partial charge in [0.05, 0.1) is 5.75 Å². The van der Waals surface area contributed by atoms with Crippen LogP contribution in [0, 0.1) is 0 Å². The molecular formula is C2H9NaO4S. The molecule has 0 bridgehead atoms. The van der Waals surface area contributed by atoms with Gasteiger partial charge in [0, 0.05) is 0 Å². The molecule has 0 aliphatic heterocycles. The van der Waals surface area contributed by atoms with E-state index in [1.807, 2.05) is 0 Å². The molecule has 0 rings (SSSR count). The van der Waals surface area contributed by atoms with Crippen LogP contribution in [0.25, 0.3) is 0 Å². The molecule has 8 heavy (non-hydrogen) atoms. The van der Waals surface area contributed by atoms with Crippen molar-refractivity contribution in [1.82, 2.24) is 0 Å². The molecule has 0 aromatic heterocycles. The molecule has 6 heteroatoms. The summed E-state index contributed by atoms with van der Waals surface area (Å²) in [6.07, 6.45) is 0. The van der Waals surface area contributed by atoms with Crippen LogP contribution >= 0.6 is 0 Å². The molecule has 4 nitrogen and oxygen atoms in total.